The van der Waals surface area contributed by atoms with Crippen LogP contribution in [-0.4, -0.2) is 74.2 Å². The van der Waals surface area contributed by atoms with Crippen LogP contribution < -0.4 is 0 Å². The van der Waals surface area contributed by atoms with E-state index in [-0.39, 0.29) is 62.9 Å². The highest BCUT2D eigenvalue weighted by atomic mass is 32.2. The SMILES string of the molecule is CC(C)N(C)CC(=O)N1CCN(S(=O)(=O)c2cc(C(F)(F)F)cc(C(F)(F)F)c2)CC1. The molecule has 1 heterocycles. The number of rotatable bonds is 5. The lowest BCUT2D eigenvalue weighted by Gasteiger charge is -2.35. The molecule has 176 valence electrons. The first-order valence-corrected chi connectivity index (χ1v) is 10.7. The molecule has 13 heteroatoms. The third kappa shape index (κ3) is 6.10. The second-order valence-electron chi connectivity index (χ2n) is 7.54. The van der Waals surface area contributed by atoms with E-state index in [0.717, 1.165) is 4.31 Å². The Bertz CT molecular complexity index is 875. The molecule has 0 unspecified atom stereocenters. The fraction of sp³-hybridized carbons (Fsp3) is 0.611. The quantitative estimate of drug-likeness (QED) is 0.615. The summed E-state index contributed by atoms with van der Waals surface area (Å²) >= 11 is 0. The minimum atomic E-state index is -5.15. The summed E-state index contributed by atoms with van der Waals surface area (Å²) in [6, 6.07) is 0.370. The van der Waals surface area contributed by atoms with Gasteiger partial charge in [-0.1, -0.05) is 0 Å². The number of nitrogens with zero attached hydrogens (tertiary/aromatic N) is 3. The highest BCUT2D eigenvalue weighted by Crippen LogP contribution is 2.37. The molecule has 0 aliphatic carbocycles. The van der Waals surface area contributed by atoms with Gasteiger partial charge in [0.25, 0.3) is 0 Å². The van der Waals surface area contributed by atoms with Gasteiger partial charge in [0.05, 0.1) is 22.6 Å². The molecule has 0 saturated carbocycles. The number of likely N-dealkylation sites (N-methyl/N-ethyl adjacent to an activating group) is 1. The van der Waals surface area contributed by atoms with Crippen LogP contribution >= 0.6 is 0 Å². The second-order valence-corrected chi connectivity index (χ2v) is 9.47. The molecule has 0 atom stereocenters. The molecule has 0 radical (unpaired) electrons. The van der Waals surface area contributed by atoms with Crippen molar-refractivity contribution in [1.82, 2.24) is 14.1 Å². The minimum Gasteiger partial charge on any atom is -0.339 e. The largest absolute Gasteiger partial charge is 0.416 e. The van der Waals surface area contributed by atoms with Gasteiger partial charge in [0.2, 0.25) is 15.9 Å². The zero-order valence-corrected chi connectivity index (χ0v) is 17.9. The summed E-state index contributed by atoms with van der Waals surface area (Å²) in [6.07, 6.45) is -10.3. The maximum Gasteiger partial charge on any atom is 0.416 e. The van der Waals surface area contributed by atoms with E-state index in [1.807, 2.05) is 13.8 Å². The first-order chi connectivity index (χ1) is 14.0. The summed E-state index contributed by atoms with van der Waals surface area (Å²) in [6.45, 7) is 3.37. The van der Waals surface area contributed by atoms with Gasteiger partial charge < -0.3 is 4.90 Å². The fourth-order valence-electron chi connectivity index (χ4n) is 2.90. The smallest absolute Gasteiger partial charge is 0.339 e. The van der Waals surface area contributed by atoms with Crippen molar-refractivity contribution in [2.24, 2.45) is 0 Å². The van der Waals surface area contributed by atoms with Crippen LogP contribution in [0.15, 0.2) is 23.1 Å². The standard InChI is InChI=1S/C18H23F6N3O3S/c1-12(2)25(3)11-16(28)26-4-6-27(7-5-26)31(29,30)15-9-13(17(19,20)21)8-14(10-15)18(22,23)24/h8-10,12H,4-7,11H2,1-3H3. The van der Waals surface area contributed by atoms with E-state index in [1.165, 1.54) is 4.90 Å². The summed E-state index contributed by atoms with van der Waals surface area (Å²) in [5, 5.41) is 0. The van der Waals surface area contributed by atoms with Gasteiger partial charge in [0, 0.05) is 32.2 Å². The number of halogens is 6. The molecule has 0 N–H and O–H groups in total. The molecule has 1 amide bonds. The molecule has 2 rings (SSSR count). The minimum absolute atomic E-state index is 0.0188. The number of carbonyl (C=O) groups excluding carboxylic acids is 1. The van der Waals surface area contributed by atoms with Crippen LogP contribution in [0.2, 0.25) is 0 Å². The average molecular weight is 475 g/mol. The predicted molar refractivity (Wildman–Crippen MR) is 99.6 cm³/mol. The molecule has 0 spiro atoms. The van der Waals surface area contributed by atoms with Gasteiger partial charge in [-0.2, -0.15) is 30.6 Å². The Balaban J connectivity index is 2.24. The van der Waals surface area contributed by atoms with Crippen molar-refractivity contribution in [2.75, 3.05) is 39.8 Å². The van der Waals surface area contributed by atoms with Crippen LogP contribution in [0.5, 0.6) is 0 Å². The van der Waals surface area contributed by atoms with Crippen molar-refractivity contribution < 1.29 is 39.6 Å². The van der Waals surface area contributed by atoms with Crippen molar-refractivity contribution in [3.05, 3.63) is 29.3 Å². The van der Waals surface area contributed by atoms with E-state index < -0.39 is 38.4 Å². The second kappa shape index (κ2) is 8.94. The molecule has 1 fully saturated rings. The average Bonchev–Trinajstić information content (AvgIpc) is 2.66. The van der Waals surface area contributed by atoms with Gasteiger partial charge >= 0.3 is 12.4 Å². The number of hydrogen-bond donors (Lipinski definition) is 0. The van der Waals surface area contributed by atoms with E-state index >= 15 is 0 Å². The van der Waals surface area contributed by atoms with Crippen LogP contribution in [0.1, 0.15) is 25.0 Å². The van der Waals surface area contributed by atoms with Crippen molar-refractivity contribution in [3.63, 3.8) is 0 Å². The molecular weight excluding hydrogens is 452 g/mol. The topological polar surface area (TPSA) is 60.9 Å². The third-order valence-electron chi connectivity index (χ3n) is 5.06. The summed E-state index contributed by atoms with van der Waals surface area (Å²) in [5.41, 5.74) is -3.40. The lowest BCUT2D eigenvalue weighted by molar-refractivity contribution is -0.143. The van der Waals surface area contributed by atoms with Crippen LogP contribution in [0, 0.1) is 0 Å². The summed E-state index contributed by atoms with van der Waals surface area (Å²) in [4.78, 5) is 14.4. The van der Waals surface area contributed by atoms with Gasteiger partial charge in [0.1, 0.15) is 0 Å². The zero-order valence-electron chi connectivity index (χ0n) is 17.1. The van der Waals surface area contributed by atoms with Crippen molar-refractivity contribution in [3.8, 4) is 0 Å². The van der Waals surface area contributed by atoms with Crippen LogP contribution in [0.3, 0.4) is 0 Å². The van der Waals surface area contributed by atoms with E-state index in [2.05, 4.69) is 0 Å². The van der Waals surface area contributed by atoms with Gasteiger partial charge in [-0.15, -0.1) is 0 Å². The molecule has 1 aliphatic rings. The Morgan fingerprint density at radius 3 is 1.81 bits per heavy atom. The van der Waals surface area contributed by atoms with Crippen LogP contribution in [-0.2, 0) is 27.2 Å². The maximum atomic E-state index is 13.0. The Morgan fingerprint density at radius 1 is 0.968 bits per heavy atom. The van der Waals surface area contributed by atoms with E-state index in [0.29, 0.717) is 0 Å². The maximum absolute atomic E-state index is 13.0. The fourth-order valence-corrected chi connectivity index (χ4v) is 4.39. The predicted octanol–water partition coefficient (Wildman–Crippen LogP) is 2.90. The highest BCUT2D eigenvalue weighted by molar-refractivity contribution is 7.89. The molecule has 1 aromatic carbocycles. The summed E-state index contributed by atoms with van der Waals surface area (Å²) < 4.78 is 105. The molecule has 31 heavy (non-hydrogen) atoms. The number of hydrogen-bond acceptors (Lipinski definition) is 4. The lowest BCUT2D eigenvalue weighted by Crippen LogP contribution is -2.52. The van der Waals surface area contributed by atoms with Gasteiger partial charge in [-0.25, -0.2) is 8.42 Å². The number of carbonyl (C=O) groups is 1. The number of alkyl halides is 6. The summed E-state index contributed by atoms with van der Waals surface area (Å²) in [5.74, 6) is -0.244. The Labute approximate surface area is 176 Å². The first-order valence-electron chi connectivity index (χ1n) is 9.31. The first kappa shape index (κ1) is 25.4. The Hall–Kier alpha value is -1.86. The van der Waals surface area contributed by atoms with E-state index in [9.17, 15) is 39.6 Å². The number of amides is 1. The molecular formula is C18H23F6N3O3S. The van der Waals surface area contributed by atoms with Crippen LogP contribution in [0.25, 0.3) is 0 Å². The monoisotopic (exact) mass is 475 g/mol. The normalized spacial score (nSPS) is 16.9. The zero-order chi connectivity index (χ0) is 23.8. The van der Waals surface area contributed by atoms with Gasteiger partial charge in [-0.05, 0) is 39.1 Å². The molecule has 1 aliphatic heterocycles. The molecule has 6 nitrogen and oxygen atoms in total. The summed E-state index contributed by atoms with van der Waals surface area (Å²) in [7, 11) is -2.88. The Kier molecular flexibility index (Phi) is 7.33. The van der Waals surface area contributed by atoms with E-state index in [4.69, 9.17) is 0 Å². The molecule has 1 aromatic rings. The molecule has 1 saturated heterocycles. The van der Waals surface area contributed by atoms with E-state index in [1.54, 1.807) is 11.9 Å². The lowest BCUT2D eigenvalue weighted by atomic mass is 10.1. The van der Waals surface area contributed by atoms with Gasteiger partial charge in [-0.3, -0.25) is 9.69 Å². The van der Waals surface area contributed by atoms with Crippen molar-refractivity contribution >= 4 is 15.9 Å². The van der Waals surface area contributed by atoms with Crippen LogP contribution in [0.4, 0.5) is 26.3 Å². The number of piperazine rings is 1. The van der Waals surface area contributed by atoms with Crippen molar-refractivity contribution in [1.29, 1.82) is 0 Å². The Morgan fingerprint density at radius 2 is 1.42 bits per heavy atom. The number of benzene rings is 1. The third-order valence-corrected chi connectivity index (χ3v) is 6.93. The molecule has 0 bridgehead atoms. The molecule has 0 aromatic heterocycles. The van der Waals surface area contributed by atoms with Gasteiger partial charge in [0.15, 0.2) is 0 Å². The van der Waals surface area contributed by atoms with Crippen molar-refractivity contribution in [2.45, 2.75) is 37.1 Å². The highest BCUT2D eigenvalue weighted by Gasteiger charge is 2.39. The number of sulfonamides is 1.